The number of ether oxygens (including phenoxy) is 1. The van der Waals surface area contributed by atoms with Gasteiger partial charge in [0.1, 0.15) is 19.3 Å². The van der Waals surface area contributed by atoms with Gasteiger partial charge in [-0.05, 0) is 102 Å². The van der Waals surface area contributed by atoms with Gasteiger partial charge in [0.05, 0.1) is 33.8 Å². The molecule has 0 aromatic carbocycles. The van der Waals surface area contributed by atoms with Gasteiger partial charge in [-0.2, -0.15) is 0 Å². The Morgan fingerprint density at radius 1 is 0.439 bits per heavy atom. The monoisotopic (exact) mass is 1170 g/mol. The van der Waals surface area contributed by atoms with E-state index in [1.807, 2.05) is 33.3 Å². The van der Waals surface area contributed by atoms with Crippen molar-refractivity contribution in [2.75, 3.05) is 40.9 Å². The number of amides is 1. The Morgan fingerprint density at radius 2 is 0.780 bits per heavy atom. The van der Waals surface area contributed by atoms with Crippen LogP contribution in [0.25, 0.3) is 0 Å². The van der Waals surface area contributed by atoms with Crippen LogP contribution < -0.4 is 10.2 Å². The molecule has 3 atom stereocenters. The zero-order valence-corrected chi connectivity index (χ0v) is 55.3. The zero-order chi connectivity index (χ0) is 60.0. The van der Waals surface area contributed by atoms with Crippen LogP contribution in [0.2, 0.25) is 0 Å². The summed E-state index contributed by atoms with van der Waals surface area (Å²) in [5, 5.41) is 3.02. The van der Waals surface area contributed by atoms with Crippen molar-refractivity contribution in [1.82, 2.24) is 5.32 Å². The number of hydrogen-bond donors (Lipinski definition) is 1. The Labute approximate surface area is 507 Å². The van der Waals surface area contributed by atoms with E-state index in [9.17, 15) is 19.0 Å². The second kappa shape index (κ2) is 61.3. The molecule has 1 N–H and O–H groups in total. The maximum atomic E-state index is 13.6. The van der Waals surface area contributed by atoms with E-state index >= 15 is 0 Å². The lowest BCUT2D eigenvalue weighted by Gasteiger charge is -2.30. The molecule has 0 rings (SSSR count). The van der Waals surface area contributed by atoms with E-state index in [1.165, 1.54) is 180 Å². The molecule has 0 aliphatic heterocycles. The van der Waals surface area contributed by atoms with Gasteiger partial charge in [-0.3, -0.25) is 14.2 Å². The summed E-state index contributed by atoms with van der Waals surface area (Å²) in [4.78, 5) is 40.1. The molecule has 0 aromatic rings. The van der Waals surface area contributed by atoms with Gasteiger partial charge in [-0.1, -0.05) is 280 Å². The molecule has 0 spiro atoms. The molecule has 0 fully saturated rings. The minimum absolute atomic E-state index is 0.0314. The highest BCUT2D eigenvalue weighted by Gasteiger charge is 2.27. The minimum Gasteiger partial charge on any atom is -0.756 e. The number of rotatable bonds is 62. The Balaban J connectivity index is 5.13. The van der Waals surface area contributed by atoms with Crippen molar-refractivity contribution in [3.63, 3.8) is 0 Å². The molecule has 0 aromatic heterocycles. The standard InChI is InChI=1S/C72H131N2O7P/c1-7-10-13-16-19-22-25-28-30-32-34-35-36-37-38-39-41-43-45-47-50-53-56-59-62-65-72(76)81-70(63-60-57-54-51-48-27-24-21-18-15-12-9-3)69(68-80-82(77,78)79-67-66-74(4,5)6)73-71(75)64-61-58-55-52-49-46-44-42-40-33-31-29-26-23-20-17-14-11-8-2/h11,14,20,23,28-31,40,42,46,49,60,63,69-70H,7-10,12-13,15-19,21-22,24-27,32-39,41,43-45,47-48,50-59,61-62,64-68H2,1-6H3,(H-,73,75,77,78)/b14-11-,23-20-,30-28+,31-29-,42-40-,49-46-,63-60-. The molecule has 0 saturated carbocycles. The number of hydrogen-bond acceptors (Lipinski definition) is 7. The molecule has 0 aliphatic carbocycles. The largest absolute Gasteiger partial charge is 0.756 e. The number of esters is 1. The van der Waals surface area contributed by atoms with Gasteiger partial charge in [0, 0.05) is 12.8 Å². The van der Waals surface area contributed by atoms with Crippen molar-refractivity contribution in [2.24, 2.45) is 0 Å². The molecule has 0 aliphatic rings. The highest BCUT2D eigenvalue weighted by atomic mass is 31.2. The molecule has 3 unspecified atom stereocenters. The van der Waals surface area contributed by atoms with Crippen LogP contribution in [0.3, 0.4) is 0 Å². The fourth-order valence-corrected chi connectivity index (χ4v) is 10.5. The highest BCUT2D eigenvalue weighted by molar-refractivity contribution is 7.45. The predicted molar refractivity (Wildman–Crippen MR) is 353 cm³/mol. The van der Waals surface area contributed by atoms with Crippen molar-refractivity contribution in [3.05, 3.63) is 85.1 Å². The highest BCUT2D eigenvalue weighted by Crippen LogP contribution is 2.38. The Hall–Kier alpha value is -2.81. The first kappa shape index (κ1) is 79.2. The molecule has 0 saturated heterocycles. The summed E-state index contributed by atoms with van der Waals surface area (Å²) in [6.45, 7) is 6.72. The van der Waals surface area contributed by atoms with Gasteiger partial charge in [-0.25, -0.2) is 0 Å². The van der Waals surface area contributed by atoms with E-state index in [2.05, 4.69) is 99.0 Å². The number of allylic oxidation sites excluding steroid dienone is 13. The third-order valence-electron chi connectivity index (χ3n) is 15.1. The maximum absolute atomic E-state index is 13.6. The molecule has 0 bridgehead atoms. The summed E-state index contributed by atoms with van der Waals surface area (Å²) in [5.74, 6) is -0.573. The summed E-state index contributed by atoms with van der Waals surface area (Å²) in [6.07, 6.45) is 81.4. The van der Waals surface area contributed by atoms with Crippen molar-refractivity contribution in [3.8, 4) is 0 Å². The second-order valence-electron chi connectivity index (χ2n) is 24.3. The average molecular weight is 1170 g/mol. The lowest BCUT2D eigenvalue weighted by molar-refractivity contribution is -0.870. The van der Waals surface area contributed by atoms with E-state index in [0.717, 1.165) is 89.9 Å². The first-order valence-corrected chi connectivity index (χ1v) is 35.9. The number of likely N-dealkylation sites (N-methyl/N-ethyl adjacent to an activating group) is 1. The lowest BCUT2D eigenvalue weighted by atomic mass is 10.0. The summed E-state index contributed by atoms with van der Waals surface area (Å²) in [7, 11) is 1.16. The van der Waals surface area contributed by atoms with Gasteiger partial charge < -0.3 is 28.5 Å². The fraction of sp³-hybridized carbons (Fsp3) is 0.778. The second-order valence-corrected chi connectivity index (χ2v) is 25.7. The van der Waals surface area contributed by atoms with Crippen LogP contribution in [-0.4, -0.2) is 69.4 Å². The van der Waals surface area contributed by atoms with E-state index in [0.29, 0.717) is 17.4 Å². The van der Waals surface area contributed by atoms with Crippen LogP contribution in [0.1, 0.15) is 310 Å². The molecular weight excluding hydrogens is 1040 g/mol. The minimum atomic E-state index is -4.71. The number of nitrogens with one attached hydrogen (secondary N) is 1. The smallest absolute Gasteiger partial charge is 0.306 e. The van der Waals surface area contributed by atoms with E-state index in [1.54, 1.807) is 0 Å². The van der Waals surface area contributed by atoms with E-state index in [-0.39, 0.29) is 31.3 Å². The van der Waals surface area contributed by atoms with Crippen LogP contribution in [0.5, 0.6) is 0 Å². The number of phosphoric acid groups is 1. The zero-order valence-electron chi connectivity index (χ0n) is 54.4. The lowest BCUT2D eigenvalue weighted by Crippen LogP contribution is -2.47. The molecular formula is C72H131N2O7P. The number of unbranched alkanes of at least 4 members (excludes halogenated alkanes) is 34. The molecule has 1 amide bonds. The van der Waals surface area contributed by atoms with Crippen molar-refractivity contribution in [1.29, 1.82) is 0 Å². The number of carbonyl (C=O) groups excluding carboxylic acids is 2. The number of quaternary nitrogens is 1. The van der Waals surface area contributed by atoms with E-state index in [4.69, 9.17) is 13.8 Å². The van der Waals surface area contributed by atoms with Gasteiger partial charge in [0.2, 0.25) is 5.91 Å². The van der Waals surface area contributed by atoms with Gasteiger partial charge in [-0.15, -0.1) is 0 Å². The van der Waals surface area contributed by atoms with Crippen molar-refractivity contribution >= 4 is 19.7 Å². The van der Waals surface area contributed by atoms with Crippen LogP contribution in [0.4, 0.5) is 0 Å². The number of phosphoric ester groups is 1. The topological polar surface area (TPSA) is 114 Å². The molecule has 476 valence electrons. The van der Waals surface area contributed by atoms with Gasteiger partial charge >= 0.3 is 5.97 Å². The molecule has 82 heavy (non-hydrogen) atoms. The number of nitrogens with zero attached hydrogens (tertiary/aromatic N) is 1. The summed E-state index contributed by atoms with van der Waals surface area (Å²) < 4.78 is 30.4. The summed E-state index contributed by atoms with van der Waals surface area (Å²) in [5.41, 5.74) is 0. The Kier molecular flexibility index (Phi) is 59.2. The van der Waals surface area contributed by atoms with E-state index < -0.39 is 26.6 Å². The predicted octanol–water partition coefficient (Wildman–Crippen LogP) is 21.1. The number of carbonyl (C=O) groups is 2. The van der Waals surface area contributed by atoms with Crippen molar-refractivity contribution in [2.45, 2.75) is 322 Å². The van der Waals surface area contributed by atoms with Crippen LogP contribution in [0, 0.1) is 0 Å². The summed E-state index contributed by atoms with van der Waals surface area (Å²) in [6, 6.07) is -0.909. The van der Waals surface area contributed by atoms with Crippen LogP contribution >= 0.6 is 7.82 Å². The van der Waals surface area contributed by atoms with Crippen molar-refractivity contribution < 1.29 is 37.3 Å². The molecule has 0 radical (unpaired) electrons. The first-order chi connectivity index (χ1) is 39.9. The first-order valence-electron chi connectivity index (χ1n) is 34.4. The molecule has 10 heteroatoms. The summed E-state index contributed by atoms with van der Waals surface area (Å²) >= 11 is 0. The quantitative estimate of drug-likeness (QED) is 0.0212. The molecule has 0 heterocycles. The molecule has 9 nitrogen and oxygen atoms in total. The SMILES string of the molecule is CC/C=C\C/C=C\C/C=C\C/C=C\C/C=C\CCCCCC(=O)NC(COP(=O)([O-])OCC[N+](C)(C)C)C(/C=C\CCCCCCCCCCCC)OC(=O)CCCCCCCCCCCCCCCCC/C=C/CCCCCCCC. The van der Waals surface area contributed by atoms with Crippen LogP contribution in [0.15, 0.2) is 85.1 Å². The third kappa shape index (κ3) is 61.7. The Morgan fingerprint density at radius 3 is 1.20 bits per heavy atom. The maximum Gasteiger partial charge on any atom is 0.306 e. The fourth-order valence-electron chi connectivity index (χ4n) is 9.78. The van der Waals surface area contributed by atoms with Gasteiger partial charge in [0.25, 0.3) is 7.82 Å². The average Bonchev–Trinajstić information content (AvgIpc) is 3.47. The Bertz CT molecular complexity index is 1680. The normalized spacial score (nSPS) is 14.1. The van der Waals surface area contributed by atoms with Gasteiger partial charge in [0.15, 0.2) is 0 Å². The van der Waals surface area contributed by atoms with Crippen LogP contribution in [-0.2, 0) is 27.9 Å². The third-order valence-corrected chi connectivity index (χ3v) is 16.0.